The quantitative estimate of drug-likeness (QED) is 0.763. The molecule has 21 heavy (non-hydrogen) atoms. The summed E-state index contributed by atoms with van der Waals surface area (Å²) >= 11 is 5.46. The van der Waals surface area contributed by atoms with Gasteiger partial charge in [-0.2, -0.15) is 13.2 Å². The molecule has 0 spiro atoms. The molecule has 0 radical (unpaired) electrons. The summed E-state index contributed by atoms with van der Waals surface area (Å²) in [5.74, 6) is 0.311. The smallest absolute Gasteiger partial charge is 0.416 e. The van der Waals surface area contributed by atoms with Crippen LogP contribution in [0, 0.1) is 0 Å². The molecule has 0 heterocycles. The lowest BCUT2D eigenvalue weighted by atomic mass is 10.0. The fourth-order valence-corrected chi connectivity index (χ4v) is 2.04. The number of hydrogen-bond acceptors (Lipinski definition) is 2. The first-order chi connectivity index (χ1) is 9.82. The van der Waals surface area contributed by atoms with E-state index in [1.165, 1.54) is 25.3 Å². The summed E-state index contributed by atoms with van der Waals surface area (Å²) in [4.78, 5) is 11.3. The molecule has 2 rings (SSSR count). The molecule has 0 amide bonds. The van der Waals surface area contributed by atoms with Crippen LogP contribution >= 0.6 is 11.6 Å². The summed E-state index contributed by atoms with van der Waals surface area (Å²) in [6.07, 6.45) is -4.38. The Morgan fingerprint density at radius 2 is 1.62 bits per heavy atom. The minimum atomic E-state index is -4.38. The predicted octanol–water partition coefficient (Wildman–Crippen LogP) is 4.76. The Kier molecular flexibility index (Phi) is 4.23. The zero-order chi connectivity index (χ0) is 15.6. The summed E-state index contributed by atoms with van der Waals surface area (Å²) in [6.45, 7) is 0. The zero-order valence-corrected chi connectivity index (χ0v) is 11.6. The summed E-state index contributed by atoms with van der Waals surface area (Å²) in [5.41, 5.74) is 0.559. The molecular formula is C15H10ClF3O2. The molecule has 110 valence electrons. The second-order valence-electron chi connectivity index (χ2n) is 4.26. The van der Waals surface area contributed by atoms with E-state index >= 15 is 0 Å². The maximum absolute atomic E-state index is 12.5. The second-order valence-corrected chi connectivity index (χ2v) is 4.61. The minimum absolute atomic E-state index is 0.163. The van der Waals surface area contributed by atoms with Gasteiger partial charge < -0.3 is 4.74 Å². The maximum Gasteiger partial charge on any atom is 0.416 e. The molecule has 2 aromatic carbocycles. The highest BCUT2D eigenvalue weighted by atomic mass is 35.5. The molecule has 0 aromatic heterocycles. The molecule has 0 N–H and O–H groups in total. The van der Waals surface area contributed by atoms with E-state index in [0.717, 1.165) is 12.1 Å². The van der Waals surface area contributed by atoms with Crippen molar-refractivity contribution < 1.29 is 22.7 Å². The van der Waals surface area contributed by atoms with Gasteiger partial charge >= 0.3 is 6.18 Å². The Bertz CT molecular complexity index is 664. The van der Waals surface area contributed by atoms with Gasteiger partial charge in [-0.3, -0.25) is 4.79 Å². The Morgan fingerprint density at radius 1 is 1.05 bits per heavy atom. The van der Waals surface area contributed by atoms with E-state index in [4.69, 9.17) is 16.3 Å². The van der Waals surface area contributed by atoms with Crippen molar-refractivity contribution in [2.75, 3.05) is 7.11 Å². The van der Waals surface area contributed by atoms with Gasteiger partial charge in [-0.1, -0.05) is 18.2 Å². The number of benzene rings is 2. The third kappa shape index (κ3) is 3.36. The lowest BCUT2D eigenvalue weighted by Crippen LogP contribution is -2.04. The fraction of sp³-hybridized carbons (Fsp3) is 0.133. The van der Waals surface area contributed by atoms with Crippen molar-refractivity contribution in [3.63, 3.8) is 0 Å². The topological polar surface area (TPSA) is 26.3 Å². The fourth-order valence-electron chi connectivity index (χ4n) is 1.89. The van der Waals surface area contributed by atoms with Crippen molar-refractivity contribution in [2.24, 2.45) is 0 Å². The number of ether oxygens (including phenoxy) is 1. The maximum atomic E-state index is 12.5. The number of rotatable bonds is 3. The van der Waals surface area contributed by atoms with Crippen molar-refractivity contribution in [1.29, 1.82) is 0 Å². The molecule has 0 atom stereocenters. The molecule has 0 unspecified atom stereocenters. The second kappa shape index (κ2) is 5.77. The number of carbonyl (C=O) groups excluding carboxylic acids is 1. The van der Waals surface area contributed by atoms with Gasteiger partial charge in [-0.05, 0) is 47.0 Å². The highest BCUT2D eigenvalue weighted by Gasteiger charge is 2.30. The molecule has 0 aliphatic rings. The lowest BCUT2D eigenvalue weighted by molar-refractivity contribution is -0.137. The Hall–Kier alpha value is -2.01. The standard InChI is InChI=1S/C15H10ClF3O2/c1-21-13-7-4-10(8-12(13)14(16)20)9-2-5-11(6-3-9)15(17,18)19/h2-8H,1H3. The van der Waals surface area contributed by atoms with Crippen molar-refractivity contribution in [3.8, 4) is 16.9 Å². The van der Waals surface area contributed by atoms with Gasteiger partial charge in [0.05, 0.1) is 18.2 Å². The Balaban J connectivity index is 2.43. The van der Waals surface area contributed by atoms with Crippen molar-refractivity contribution >= 4 is 16.8 Å². The normalized spacial score (nSPS) is 11.3. The number of carbonyl (C=O) groups is 1. The van der Waals surface area contributed by atoms with Crippen LogP contribution in [0.15, 0.2) is 42.5 Å². The lowest BCUT2D eigenvalue weighted by Gasteiger charge is -2.10. The molecule has 2 nitrogen and oxygen atoms in total. The van der Waals surface area contributed by atoms with E-state index in [1.807, 2.05) is 0 Å². The molecule has 0 bridgehead atoms. The van der Waals surface area contributed by atoms with Gasteiger partial charge in [0, 0.05) is 0 Å². The van der Waals surface area contributed by atoms with E-state index in [2.05, 4.69) is 0 Å². The molecule has 6 heteroatoms. The van der Waals surface area contributed by atoms with E-state index < -0.39 is 17.0 Å². The minimum Gasteiger partial charge on any atom is -0.496 e. The monoisotopic (exact) mass is 314 g/mol. The first kappa shape index (κ1) is 15.4. The molecule has 0 aliphatic carbocycles. The van der Waals surface area contributed by atoms with Gasteiger partial charge in [0.2, 0.25) is 0 Å². The highest BCUT2D eigenvalue weighted by Crippen LogP contribution is 2.32. The van der Waals surface area contributed by atoms with E-state index in [1.54, 1.807) is 12.1 Å². The Labute approximate surface area is 124 Å². The first-order valence-corrected chi connectivity index (χ1v) is 6.26. The van der Waals surface area contributed by atoms with Crippen LogP contribution in [-0.4, -0.2) is 12.4 Å². The third-order valence-electron chi connectivity index (χ3n) is 2.96. The number of methoxy groups -OCH3 is 1. The molecule has 2 aromatic rings. The van der Waals surface area contributed by atoms with Gasteiger partial charge in [0.25, 0.3) is 5.24 Å². The SMILES string of the molecule is COc1ccc(-c2ccc(C(F)(F)F)cc2)cc1C(=O)Cl. The first-order valence-electron chi connectivity index (χ1n) is 5.88. The van der Waals surface area contributed by atoms with Gasteiger partial charge in [0.15, 0.2) is 0 Å². The summed E-state index contributed by atoms with van der Waals surface area (Å²) in [6, 6.07) is 9.33. The molecule has 0 saturated heterocycles. The van der Waals surface area contributed by atoms with Crippen LogP contribution in [0.5, 0.6) is 5.75 Å². The summed E-state index contributed by atoms with van der Waals surface area (Å²) < 4.78 is 42.5. The van der Waals surface area contributed by atoms with Crippen LogP contribution in [0.1, 0.15) is 15.9 Å². The van der Waals surface area contributed by atoms with E-state index in [0.29, 0.717) is 16.9 Å². The van der Waals surface area contributed by atoms with Crippen molar-refractivity contribution in [3.05, 3.63) is 53.6 Å². The number of alkyl halides is 3. The van der Waals surface area contributed by atoms with Crippen molar-refractivity contribution in [2.45, 2.75) is 6.18 Å². The predicted molar refractivity (Wildman–Crippen MR) is 73.6 cm³/mol. The van der Waals surface area contributed by atoms with E-state index in [-0.39, 0.29) is 5.56 Å². The van der Waals surface area contributed by atoms with Gasteiger partial charge in [-0.15, -0.1) is 0 Å². The summed E-state index contributed by atoms with van der Waals surface area (Å²) in [7, 11) is 1.40. The highest BCUT2D eigenvalue weighted by molar-refractivity contribution is 6.68. The van der Waals surface area contributed by atoms with Gasteiger partial charge in [-0.25, -0.2) is 0 Å². The summed E-state index contributed by atoms with van der Waals surface area (Å²) in [5, 5.41) is -0.694. The van der Waals surface area contributed by atoms with Crippen LogP contribution in [0.25, 0.3) is 11.1 Å². The molecular weight excluding hydrogens is 305 g/mol. The average Bonchev–Trinajstić information content (AvgIpc) is 2.45. The number of halogens is 4. The zero-order valence-electron chi connectivity index (χ0n) is 10.9. The Morgan fingerprint density at radius 3 is 2.10 bits per heavy atom. The largest absolute Gasteiger partial charge is 0.496 e. The molecule has 0 fully saturated rings. The average molecular weight is 315 g/mol. The third-order valence-corrected chi connectivity index (χ3v) is 3.16. The van der Waals surface area contributed by atoms with Crippen LogP contribution in [0.3, 0.4) is 0 Å². The van der Waals surface area contributed by atoms with Crippen LogP contribution in [-0.2, 0) is 6.18 Å². The van der Waals surface area contributed by atoms with Crippen LogP contribution in [0.4, 0.5) is 13.2 Å². The van der Waals surface area contributed by atoms with Crippen LogP contribution < -0.4 is 4.74 Å². The van der Waals surface area contributed by atoms with Crippen molar-refractivity contribution in [1.82, 2.24) is 0 Å². The molecule has 0 aliphatic heterocycles. The van der Waals surface area contributed by atoms with Crippen LogP contribution in [0.2, 0.25) is 0 Å². The molecule has 0 saturated carbocycles. The number of hydrogen-bond donors (Lipinski definition) is 0. The van der Waals surface area contributed by atoms with Gasteiger partial charge in [0.1, 0.15) is 5.75 Å². The van der Waals surface area contributed by atoms with E-state index in [9.17, 15) is 18.0 Å².